The molecule has 0 bridgehead atoms. The van der Waals surface area contributed by atoms with E-state index < -0.39 is 0 Å². The van der Waals surface area contributed by atoms with Gasteiger partial charge in [0.05, 0.1) is 12.2 Å². The molecule has 21 heavy (non-hydrogen) atoms. The first-order valence-corrected chi connectivity index (χ1v) is 7.33. The van der Waals surface area contributed by atoms with Gasteiger partial charge in [-0.25, -0.2) is 0 Å². The fraction of sp³-hybridized carbons (Fsp3) is 0.533. The monoisotopic (exact) mass is 289 g/mol. The Morgan fingerprint density at radius 1 is 1.52 bits per heavy atom. The molecular weight excluding hydrogens is 270 g/mol. The van der Waals surface area contributed by atoms with E-state index >= 15 is 0 Å². The fourth-order valence-electron chi connectivity index (χ4n) is 2.73. The minimum absolute atomic E-state index is 0.160. The molecule has 0 spiro atoms. The lowest BCUT2D eigenvalue weighted by atomic mass is 9.97. The highest BCUT2D eigenvalue weighted by atomic mass is 16.5. The average Bonchev–Trinajstić information content (AvgIpc) is 3.16. The molecule has 0 unspecified atom stereocenters. The molecule has 2 aromatic heterocycles. The molecule has 0 aliphatic carbocycles. The van der Waals surface area contributed by atoms with Crippen molar-refractivity contribution in [3.05, 3.63) is 35.9 Å². The summed E-state index contributed by atoms with van der Waals surface area (Å²) < 4.78 is 10.5. The first-order valence-electron chi connectivity index (χ1n) is 7.33. The van der Waals surface area contributed by atoms with Crippen LogP contribution in [-0.4, -0.2) is 34.0 Å². The summed E-state index contributed by atoms with van der Waals surface area (Å²) in [5, 5.41) is 3.83. The number of aryl methyl sites for hydroxylation is 2. The third-order valence-electron chi connectivity index (χ3n) is 3.83. The van der Waals surface area contributed by atoms with Gasteiger partial charge in [0.15, 0.2) is 5.82 Å². The standard InChI is InChI=1S/C15H19N3O3/c1-11-16-15(21-17-11)12-4-2-8-18(10-12)14(19)7-6-13-5-3-9-20-13/h3,5,9,12H,2,4,6-8,10H2,1H3/t12-/m1/s1. The van der Waals surface area contributed by atoms with Crippen molar-refractivity contribution in [2.75, 3.05) is 13.1 Å². The number of hydrogen-bond acceptors (Lipinski definition) is 5. The van der Waals surface area contributed by atoms with Gasteiger partial charge in [-0.2, -0.15) is 4.98 Å². The van der Waals surface area contributed by atoms with Crippen LogP contribution in [0.5, 0.6) is 0 Å². The van der Waals surface area contributed by atoms with Gasteiger partial charge >= 0.3 is 0 Å². The van der Waals surface area contributed by atoms with Gasteiger partial charge < -0.3 is 13.8 Å². The summed E-state index contributed by atoms with van der Waals surface area (Å²) in [6.45, 7) is 3.28. The number of furan rings is 1. The van der Waals surface area contributed by atoms with Gasteiger partial charge in [-0.3, -0.25) is 4.79 Å². The number of carbonyl (C=O) groups excluding carboxylic acids is 1. The molecule has 112 valence electrons. The lowest BCUT2D eigenvalue weighted by Crippen LogP contribution is -2.39. The molecule has 1 atom stereocenters. The van der Waals surface area contributed by atoms with Crippen molar-refractivity contribution in [1.82, 2.24) is 15.0 Å². The van der Waals surface area contributed by atoms with Crippen LogP contribution in [0, 0.1) is 6.92 Å². The van der Waals surface area contributed by atoms with Gasteiger partial charge in [-0.15, -0.1) is 0 Å². The number of piperidine rings is 1. The second-order valence-electron chi connectivity index (χ2n) is 5.44. The summed E-state index contributed by atoms with van der Waals surface area (Å²) in [6, 6.07) is 3.74. The van der Waals surface area contributed by atoms with Gasteiger partial charge in [-0.1, -0.05) is 5.16 Å². The van der Waals surface area contributed by atoms with Crippen molar-refractivity contribution in [3.63, 3.8) is 0 Å². The SMILES string of the molecule is Cc1noc([C@@H]2CCCN(C(=O)CCc3ccco3)C2)n1. The Bertz CT molecular complexity index is 591. The molecule has 3 rings (SSSR count). The predicted octanol–water partition coefficient (Wildman–Crippen LogP) is 2.31. The first kappa shape index (κ1) is 13.9. The summed E-state index contributed by atoms with van der Waals surface area (Å²) in [5.41, 5.74) is 0. The van der Waals surface area contributed by atoms with Crippen LogP contribution >= 0.6 is 0 Å². The normalized spacial score (nSPS) is 18.9. The minimum atomic E-state index is 0.160. The number of nitrogens with zero attached hydrogens (tertiary/aromatic N) is 3. The van der Waals surface area contributed by atoms with Crippen molar-refractivity contribution in [3.8, 4) is 0 Å². The Morgan fingerprint density at radius 3 is 3.14 bits per heavy atom. The van der Waals surface area contributed by atoms with Crippen LogP contribution in [0.1, 0.15) is 42.7 Å². The number of aromatic nitrogens is 2. The maximum Gasteiger partial charge on any atom is 0.231 e. The largest absolute Gasteiger partial charge is 0.469 e. The lowest BCUT2D eigenvalue weighted by Gasteiger charge is -2.31. The van der Waals surface area contributed by atoms with E-state index in [4.69, 9.17) is 8.94 Å². The van der Waals surface area contributed by atoms with Gasteiger partial charge in [0.1, 0.15) is 5.76 Å². The molecule has 0 radical (unpaired) electrons. The van der Waals surface area contributed by atoms with E-state index in [2.05, 4.69) is 10.1 Å². The predicted molar refractivity (Wildman–Crippen MR) is 74.6 cm³/mol. The molecule has 1 aliphatic heterocycles. The molecule has 3 heterocycles. The zero-order valence-electron chi connectivity index (χ0n) is 12.1. The molecule has 0 N–H and O–H groups in total. The summed E-state index contributed by atoms with van der Waals surface area (Å²) in [6.07, 6.45) is 4.71. The summed E-state index contributed by atoms with van der Waals surface area (Å²) in [4.78, 5) is 18.5. The van der Waals surface area contributed by atoms with Crippen LogP contribution in [0.4, 0.5) is 0 Å². The molecule has 0 aromatic carbocycles. The third-order valence-corrected chi connectivity index (χ3v) is 3.83. The Balaban J connectivity index is 1.56. The van der Waals surface area contributed by atoms with Crippen molar-refractivity contribution in [2.45, 2.75) is 38.5 Å². The number of rotatable bonds is 4. The lowest BCUT2D eigenvalue weighted by molar-refractivity contribution is -0.132. The maximum atomic E-state index is 12.3. The van der Waals surface area contributed by atoms with E-state index in [1.54, 1.807) is 6.26 Å². The maximum absolute atomic E-state index is 12.3. The van der Waals surface area contributed by atoms with Crippen LogP contribution in [-0.2, 0) is 11.2 Å². The molecule has 6 heteroatoms. The highest BCUT2D eigenvalue weighted by Gasteiger charge is 2.28. The minimum Gasteiger partial charge on any atom is -0.469 e. The second-order valence-corrected chi connectivity index (χ2v) is 5.44. The van der Waals surface area contributed by atoms with Crippen molar-refractivity contribution >= 4 is 5.91 Å². The molecular formula is C15H19N3O3. The molecule has 1 aliphatic rings. The Kier molecular flexibility index (Phi) is 4.03. The summed E-state index contributed by atoms with van der Waals surface area (Å²) in [5.74, 6) is 2.46. The van der Waals surface area contributed by atoms with E-state index in [0.29, 0.717) is 31.1 Å². The zero-order chi connectivity index (χ0) is 14.7. The molecule has 2 aromatic rings. The van der Waals surface area contributed by atoms with Gasteiger partial charge in [0, 0.05) is 25.9 Å². The van der Waals surface area contributed by atoms with Crippen molar-refractivity contribution in [2.24, 2.45) is 0 Å². The number of amides is 1. The average molecular weight is 289 g/mol. The third kappa shape index (κ3) is 3.32. The Morgan fingerprint density at radius 2 is 2.43 bits per heavy atom. The number of hydrogen-bond donors (Lipinski definition) is 0. The van der Waals surface area contributed by atoms with Crippen LogP contribution in [0.2, 0.25) is 0 Å². The van der Waals surface area contributed by atoms with E-state index in [1.807, 2.05) is 24.0 Å². The Labute approximate surface area is 123 Å². The quantitative estimate of drug-likeness (QED) is 0.863. The molecule has 1 amide bonds. The van der Waals surface area contributed by atoms with Crippen molar-refractivity contribution in [1.29, 1.82) is 0 Å². The van der Waals surface area contributed by atoms with Gasteiger partial charge in [0.25, 0.3) is 0 Å². The van der Waals surface area contributed by atoms with Gasteiger partial charge in [0.2, 0.25) is 11.8 Å². The summed E-state index contributed by atoms with van der Waals surface area (Å²) >= 11 is 0. The summed E-state index contributed by atoms with van der Waals surface area (Å²) in [7, 11) is 0. The van der Waals surface area contributed by atoms with Crippen LogP contribution in [0.15, 0.2) is 27.3 Å². The van der Waals surface area contributed by atoms with Crippen LogP contribution < -0.4 is 0 Å². The fourth-order valence-corrected chi connectivity index (χ4v) is 2.73. The van der Waals surface area contributed by atoms with E-state index in [9.17, 15) is 4.79 Å². The topological polar surface area (TPSA) is 72.4 Å². The number of likely N-dealkylation sites (tertiary alicyclic amines) is 1. The van der Waals surface area contributed by atoms with Gasteiger partial charge in [-0.05, 0) is 31.9 Å². The smallest absolute Gasteiger partial charge is 0.231 e. The highest BCUT2D eigenvalue weighted by Crippen LogP contribution is 2.26. The van der Waals surface area contributed by atoms with Crippen LogP contribution in [0.3, 0.4) is 0 Å². The van der Waals surface area contributed by atoms with Crippen LogP contribution in [0.25, 0.3) is 0 Å². The highest BCUT2D eigenvalue weighted by molar-refractivity contribution is 5.76. The molecule has 1 saturated heterocycles. The molecule has 6 nitrogen and oxygen atoms in total. The van der Waals surface area contributed by atoms with E-state index in [-0.39, 0.29) is 11.8 Å². The number of carbonyl (C=O) groups is 1. The van der Waals surface area contributed by atoms with E-state index in [1.165, 1.54) is 0 Å². The molecule has 1 fully saturated rings. The second kappa shape index (κ2) is 6.11. The molecule has 0 saturated carbocycles. The zero-order valence-corrected chi connectivity index (χ0v) is 12.1. The first-order chi connectivity index (χ1) is 10.2. The van der Waals surface area contributed by atoms with Crippen molar-refractivity contribution < 1.29 is 13.7 Å². The van der Waals surface area contributed by atoms with E-state index in [0.717, 1.165) is 25.1 Å². The Hall–Kier alpha value is -2.11.